The van der Waals surface area contributed by atoms with Gasteiger partial charge in [0.1, 0.15) is 54.9 Å². The van der Waals surface area contributed by atoms with Crippen LogP contribution in [0.3, 0.4) is 0 Å². The molecular weight excluding hydrogens is 580 g/mol. The number of rotatable bonds is 20. The van der Waals surface area contributed by atoms with Crippen LogP contribution >= 0.6 is 0 Å². The lowest BCUT2D eigenvalue weighted by molar-refractivity contribution is -0.348. The molecule has 0 aromatic heterocycles. The molecule has 13 heteroatoms. The van der Waals surface area contributed by atoms with E-state index in [4.69, 9.17) is 28.4 Å². The van der Waals surface area contributed by atoms with E-state index in [1.54, 1.807) is 0 Å². The molecule has 0 aliphatic carbocycles. The van der Waals surface area contributed by atoms with Gasteiger partial charge in [0.15, 0.2) is 18.9 Å². The molecule has 0 radical (unpaired) electrons. The molecule has 3 rings (SSSR count). The molecule has 13 nitrogen and oxygen atoms in total. The molecule has 3 heterocycles. The van der Waals surface area contributed by atoms with Crippen LogP contribution in [0.25, 0.3) is 0 Å². The molecule has 0 aromatic carbocycles. The summed E-state index contributed by atoms with van der Waals surface area (Å²) in [7, 11) is 0. The zero-order valence-electron chi connectivity index (χ0n) is 26.2. The van der Waals surface area contributed by atoms with Crippen LogP contribution < -0.4 is 0 Å². The highest BCUT2D eigenvalue weighted by Crippen LogP contribution is 2.27. The van der Waals surface area contributed by atoms with Crippen LogP contribution in [0.5, 0.6) is 0 Å². The van der Waals surface area contributed by atoms with Crippen LogP contribution in [0.1, 0.15) is 96.8 Å². The van der Waals surface area contributed by atoms with E-state index in [0.717, 1.165) is 19.3 Å². The van der Waals surface area contributed by atoms with Gasteiger partial charge in [0, 0.05) is 6.61 Å². The number of hydrogen-bond donors (Lipinski definition) is 7. The van der Waals surface area contributed by atoms with Gasteiger partial charge in [-0.1, -0.05) is 90.4 Å². The first-order valence-corrected chi connectivity index (χ1v) is 16.8. The first kappa shape index (κ1) is 37.9. The fourth-order valence-corrected chi connectivity index (χ4v) is 5.78. The molecule has 0 unspecified atom stereocenters. The Bertz CT molecular complexity index is 747. The van der Waals surface area contributed by atoms with Crippen molar-refractivity contribution in [1.82, 2.24) is 0 Å². The average Bonchev–Trinajstić information content (AvgIpc) is 3.02. The smallest absolute Gasteiger partial charge is 0.186 e. The second-order valence-corrected chi connectivity index (χ2v) is 12.4. The maximum absolute atomic E-state index is 10.6. The Kier molecular flexibility index (Phi) is 17.8. The van der Waals surface area contributed by atoms with Gasteiger partial charge in [-0.3, -0.25) is 0 Å². The van der Waals surface area contributed by atoms with Crippen molar-refractivity contribution < 1.29 is 64.2 Å². The summed E-state index contributed by atoms with van der Waals surface area (Å²) in [5, 5.41) is 71.7. The van der Waals surface area contributed by atoms with Gasteiger partial charge < -0.3 is 64.2 Å². The van der Waals surface area contributed by atoms with Crippen molar-refractivity contribution in [2.75, 3.05) is 26.4 Å². The molecular formula is C31H58O13. The van der Waals surface area contributed by atoms with Crippen LogP contribution in [-0.4, -0.2) is 136 Å². The lowest BCUT2D eigenvalue weighted by Crippen LogP contribution is -2.61. The topological polar surface area (TPSA) is 197 Å². The summed E-state index contributed by atoms with van der Waals surface area (Å²) in [4.78, 5) is 0. The van der Waals surface area contributed by atoms with Gasteiger partial charge in [-0.25, -0.2) is 0 Å². The van der Waals surface area contributed by atoms with Crippen molar-refractivity contribution in [3.05, 3.63) is 0 Å². The third kappa shape index (κ3) is 11.9. The fraction of sp³-hybridized carbons (Fsp3) is 1.00. The van der Waals surface area contributed by atoms with Gasteiger partial charge in [-0.05, 0) is 6.42 Å². The van der Waals surface area contributed by atoms with Crippen molar-refractivity contribution >= 4 is 0 Å². The van der Waals surface area contributed by atoms with Crippen LogP contribution in [0.15, 0.2) is 0 Å². The minimum atomic E-state index is -1.61. The van der Waals surface area contributed by atoms with Gasteiger partial charge in [-0.2, -0.15) is 0 Å². The Hall–Kier alpha value is -0.520. The summed E-state index contributed by atoms with van der Waals surface area (Å²) in [5.74, 6) is 0. The van der Waals surface area contributed by atoms with E-state index in [1.165, 1.54) is 70.6 Å². The Labute approximate surface area is 261 Å². The standard InChI is InChI=1S/C31H58O13/c1-2-3-4-5-6-7-8-9-10-11-12-13-14-15-16-39-29-27(37)24(34)21(18-41-29)44-31-28(38)25(35)22(19-42-31)43-30-26(36)23(33)20(32)17-40-30/h20-38H,2-19H2,1H3/t20-,21-,22-,23-,24-,25-,26+,27+,28+,29+,30-,31-/m1/s1. The second-order valence-electron chi connectivity index (χ2n) is 12.4. The second kappa shape index (κ2) is 20.7. The summed E-state index contributed by atoms with van der Waals surface area (Å²) in [6, 6.07) is 0. The number of hydrogen-bond acceptors (Lipinski definition) is 13. The molecule has 0 bridgehead atoms. The third-order valence-corrected chi connectivity index (χ3v) is 8.72. The Morgan fingerprint density at radius 2 is 0.841 bits per heavy atom. The molecule has 3 fully saturated rings. The number of ether oxygens (including phenoxy) is 6. The highest BCUT2D eigenvalue weighted by Gasteiger charge is 2.47. The van der Waals surface area contributed by atoms with E-state index >= 15 is 0 Å². The van der Waals surface area contributed by atoms with Crippen molar-refractivity contribution in [3.8, 4) is 0 Å². The summed E-state index contributed by atoms with van der Waals surface area (Å²) >= 11 is 0. The molecule has 7 N–H and O–H groups in total. The summed E-state index contributed by atoms with van der Waals surface area (Å²) in [6.45, 7) is 1.95. The van der Waals surface area contributed by atoms with Gasteiger partial charge >= 0.3 is 0 Å². The maximum Gasteiger partial charge on any atom is 0.186 e. The highest BCUT2D eigenvalue weighted by molar-refractivity contribution is 4.90. The van der Waals surface area contributed by atoms with Gasteiger partial charge in [0.2, 0.25) is 0 Å². The quantitative estimate of drug-likeness (QED) is 0.0928. The molecule has 0 saturated carbocycles. The Morgan fingerprint density at radius 1 is 0.455 bits per heavy atom. The minimum absolute atomic E-state index is 0.132. The predicted molar refractivity (Wildman–Crippen MR) is 157 cm³/mol. The first-order valence-electron chi connectivity index (χ1n) is 16.8. The van der Waals surface area contributed by atoms with Crippen LogP contribution in [-0.2, 0) is 28.4 Å². The zero-order chi connectivity index (χ0) is 31.9. The van der Waals surface area contributed by atoms with E-state index in [2.05, 4.69) is 6.92 Å². The molecule has 44 heavy (non-hydrogen) atoms. The molecule has 3 saturated heterocycles. The summed E-state index contributed by atoms with van der Waals surface area (Å²) in [6.07, 6.45) is 1.35. The minimum Gasteiger partial charge on any atom is -0.388 e. The molecule has 0 aromatic rings. The third-order valence-electron chi connectivity index (χ3n) is 8.72. The molecule has 3 aliphatic heterocycles. The average molecular weight is 639 g/mol. The number of aliphatic hydroxyl groups is 7. The van der Waals surface area contributed by atoms with Crippen molar-refractivity contribution in [2.24, 2.45) is 0 Å². The summed E-state index contributed by atoms with van der Waals surface area (Å²) in [5.41, 5.74) is 0. The molecule has 3 aliphatic rings. The van der Waals surface area contributed by atoms with Crippen LogP contribution in [0, 0.1) is 0 Å². The lowest BCUT2D eigenvalue weighted by Gasteiger charge is -2.43. The van der Waals surface area contributed by atoms with E-state index in [0.29, 0.717) is 6.61 Å². The Morgan fingerprint density at radius 3 is 1.34 bits per heavy atom. The Balaban J connectivity index is 1.24. The zero-order valence-corrected chi connectivity index (χ0v) is 26.2. The largest absolute Gasteiger partial charge is 0.388 e. The predicted octanol–water partition coefficient (Wildman–Crippen LogP) is 0.850. The normalized spacial score (nSPS) is 38.2. The molecule has 260 valence electrons. The first-order chi connectivity index (χ1) is 21.2. The van der Waals surface area contributed by atoms with Crippen LogP contribution in [0.2, 0.25) is 0 Å². The van der Waals surface area contributed by atoms with E-state index in [1.807, 2.05) is 0 Å². The van der Waals surface area contributed by atoms with Gasteiger partial charge in [-0.15, -0.1) is 0 Å². The van der Waals surface area contributed by atoms with Crippen molar-refractivity contribution in [3.63, 3.8) is 0 Å². The number of unbranched alkanes of at least 4 members (excludes halogenated alkanes) is 13. The van der Waals surface area contributed by atoms with E-state index in [-0.39, 0.29) is 19.8 Å². The molecule has 12 atom stereocenters. The van der Waals surface area contributed by atoms with E-state index in [9.17, 15) is 35.7 Å². The maximum atomic E-state index is 10.6. The molecule has 0 spiro atoms. The summed E-state index contributed by atoms with van der Waals surface area (Å²) < 4.78 is 33.0. The monoisotopic (exact) mass is 638 g/mol. The van der Waals surface area contributed by atoms with Crippen molar-refractivity contribution in [2.45, 2.75) is 171 Å². The van der Waals surface area contributed by atoms with Crippen LogP contribution in [0.4, 0.5) is 0 Å². The lowest BCUT2D eigenvalue weighted by atomic mass is 10.0. The SMILES string of the molecule is CCCCCCCCCCCCCCCCO[C@H]1OC[C@@H](O[C@H]2OC[C@@H](O[C@H]3OC[C@@H](O)[C@@H](O)[C@@H]3O)[C@@H](O)[C@@H]2O)[C@@H](O)[C@@H]1O. The van der Waals surface area contributed by atoms with Gasteiger partial charge in [0.05, 0.1) is 19.8 Å². The van der Waals surface area contributed by atoms with Crippen molar-refractivity contribution in [1.29, 1.82) is 0 Å². The van der Waals surface area contributed by atoms with Gasteiger partial charge in [0.25, 0.3) is 0 Å². The van der Waals surface area contributed by atoms with E-state index < -0.39 is 73.8 Å². The molecule has 0 amide bonds. The fourth-order valence-electron chi connectivity index (χ4n) is 5.78. The highest BCUT2D eigenvalue weighted by atomic mass is 16.7. The number of aliphatic hydroxyl groups excluding tert-OH is 7.